The third-order valence-corrected chi connectivity index (χ3v) is 6.17. The summed E-state index contributed by atoms with van der Waals surface area (Å²) in [4.78, 5) is 12.6. The van der Waals surface area contributed by atoms with Gasteiger partial charge in [0.15, 0.2) is 6.10 Å². The van der Waals surface area contributed by atoms with E-state index in [1.165, 1.54) is 12.8 Å². The van der Waals surface area contributed by atoms with Gasteiger partial charge in [-0.3, -0.25) is 0 Å². The number of rotatable bonds is 6. The third-order valence-electron chi connectivity index (χ3n) is 6.17. The van der Waals surface area contributed by atoms with Crippen LogP contribution in [0.25, 0.3) is 10.8 Å². The smallest absolute Gasteiger partial charge is 0.334 e. The molecule has 0 heterocycles. The van der Waals surface area contributed by atoms with Gasteiger partial charge < -0.3 is 19.8 Å². The fourth-order valence-corrected chi connectivity index (χ4v) is 4.20. The second kappa shape index (κ2) is 8.62. The molecule has 1 unspecified atom stereocenters. The van der Waals surface area contributed by atoms with Crippen LogP contribution in [-0.4, -0.2) is 42.0 Å². The SMILES string of the molecule is CN(CC(O)C(=O)O)c1ccc2cc(O[C@H]3CC[C@H](C(C)(C)C)CC3)ccc2c1. The fraction of sp³-hybridized carbons (Fsp3) is 0.542. The summed E-state index contributed by atoms with van der Waals surface area (Å²) < 4.78 is 6.27. The van der Waals surface area contributed by atoms with E-state index in [9.17, 15) is 9.90 Å². The van der Waals surface area contributed by atoms with Gasteiger partial charge in [0, 0.05) is 12.7 Å². The monoisotopic (exact) mass is 399 g/mol. The molecule has 1 saturated carbocycles. The van der Waals surface area contributed by atoms with Crippen LogP contribution in [-0.2, 0) is 4.79 Å². The van der Waals surface area contributed by atoms with Crippen LogP contribution in [0.1, 0.15) is 46.5 Å². The van der Waals surface area contributed by atoms with Crippen molar-refractivity contribution < 1.29 is 19.7 Å². The number of hydrogen-bond acceptors (Lipinski definition) is 4. The molecule has 0 aromatic heterocycles. The molecule has 0 bridgehead atoms. The zero-order chi connectivity index (χ0) is 21.2. The maximum atomic E-state index is 10.9. The van der Waals surface area contributed by atoms with Gasteiger partial charge in [0.05, 0.1) is 12.6 Å². The van der Waals surface area contributed by atoms with Crippen LogP contribution in [0.3, 0.4) is 0 Å². The number of ether oxygens (including phenoxy) is 1. The van der Waals surface area contributed by atoms with E-state index in [-0.39, 0.29) is 12.6 Å². The molecule has 1 aliphatic rings. The summed E-state index contributed by atoms with van der Waals surface area (Å²) in [7, 11) is 1.78. The lowest BCUT2D eigenvalue weighted by molar-refractivity contribution is -0.146. The summed E-state index contributed by atoms with van der Waals surface area (Å²) >= 11 is 0. The number of benzene rings is 2. The topological polar surface area (TPSA) is 70.0 Å². The molecular formula is C24H33NO4. The van der Waals surface area contributed by atoms with Crippen molar-refractivity contribution in [2.24, 2.45) is 11.3 Å². The van der Waals surface area contributed by atoms with Gasteiger partial charge in [-0.15, -0.1) is 0 Å². The van der Waals surface area contributed by atoms with Gasteiger partial charge in [0.2, 0.25) is 0 Å². The Hall–Kier alpha value is -2.27. The number of carboxylic acids is 1. The Morgan fingerprint density at radius 1 is 1.10 bits per heavy atom. The molecule has 3 rings (SSSR count). The largest absolute Gasteiger partial charge is 0.490 e. The minimum atomic E-state index is -1.40. The summed E-state index contributed by atoms with van der Waals surface area (Å²) in [6, 6.07) is 12.1. The van der Waals surface area contributed by atoms with Crippen molar-refractivity contribution in [1.82, 2.24) is 0 Å². The van der Waals surface area contributed by atoms with Crippen LogP contribution in [0.5, 0.6) is 5.75 Å². The van der Waals surface area contributed by atoms with Gasteiger partial charge in [-0.05, 0) is 72.1 Å². The molecule has 2 aromatic rings. The molecule has 2 N–H and O–H groups in total. The van der Waals surface area contributed by atoms with Gasteiger partial charge in [-0.1, -0.05) is 32.9 Å². The Labute approximate surface area is 173 Å². The van der Waals surface area contributed by atoms with Crippen LogP contribution in [0.4, 0.5) is 5.69 Å². The van der Waals surface area contributed by atoms with E-state index < -0.39 is 12.1 Å². The average molecular weight is 400 g/mol. The molecule has 5 nitrogen and oxygen atoms in total. The highest BCUT2D eigenvalue weighted by Gasteiger charge is 2.30. The normalized spacial score (nSPS) is 21.0. The predicted molar refractivity (Wildman–Crippen MR) is 117 cm³/mol. The standard InChI is InChI=1S/C24H33NO4/c1-24(2,3)18-7-11-20(12-8-18)29-21-10-6-16-13-19(9-5-17(16)14-21)25(4)15-22(26)23(27)28/h5-6,9-10,13-14,18,20,22,26H,7-8,11-12,15H2,1-4H3,(H,27,28)/t18-,20-,22?. The molecule has 1 aliphatic carbocycles. The number of carboxylic acid groups (broad SMARTS) is 1. The molecule has 5 heteroatoms. The second-order valence-electron chi connectivity index (χ2n) is 9.39. The van der Waals surface area contributed by atoms with Crippen molar-refractivity contribution >= 4 is 22.4 Å². The first kappa shape index (κ1) is 21.4. The predicted octanol–water partition coefficient (Wildman–Crippen LogP) is 4.71. The summed E-state index contributed by atoms with van der Waals surface area (Å²) in [5.41, 5.74) is 1.24. The minimum absolute atomic E-state index is 0.0409. The van der Waals surface area contributed by atoms with Crippen LogP contribution >= 0.6 is 0 Å². The van der Waals surface area contributed by atoms with Crippen molar-refractivity contribution in [3.63, 3.8) is 0 Å². The molecule has 0 saturated heterocycles. The van der Waals surface area contributed by atoms with Gasteiger partial charge in [-0.25, -0.2) is 4.79 Å². The number of likely N-dealkylation sites (N-methyl/N-ethyl adjacent to an activating group) is 1. The van der Waals surface area contributed by atoms with Gasteiger partial charge in [-0.2, -0.15) is 0 Å². The van der Waals surface area contributed by atoms with E-state index in [1.807, 2.05) is 30.3 Å². The molecule has 0 aliphatic heterocycles. The van der Waals surface area contributed by atoms with Crippen molar-refractivity contribution in [2.75, 3.05) is 18.5 Å². The number of hydrogen-bond donors (Lipinski definition) is 2. The maximum Gasteiger partial charge on any atom is 0.334 e. The third kappa shape index (κ3) is 5.41. The molecule has 158 valence electrons. The number of fused-ring (bicyclic) bond motifs is 1. The lowest BCUT2D eigenvalue weighted by Crippen LogP contribution is -2.34. The zero-order valence-electron chi connectivity index (χ0n) is 17.9. The molecule has 2 aromatic carbocycles. The molecule has 29 heavy (non-hydrogen) atoms. The Balaban J connectivity index is 1.64. The molecular weight excluding hydrogens is 366 g/mol. The number of aliphatic hydroxyl groups is 1. The highest BCUT2D eigenvalue weighted by Crippen LogP contribution is 2.39. The van der Waals surface area contributed by atoms with Crippen LogP contribution < -0.4 is 9.64 Å². The van der Waals surface area contributed by atoms with Gasteiger partial charge in [0.1, 0.15) is 5.75 Å². The van der Waals surface area contributed by atoms with E-state index in [0.717, 1.165) is 41.0 Å². The average Bonchev–Trinajstić information content (AvgIpc) is 2.67. The van der Waals surface area contributed by atoms with E-state index in [4.69, 9.17) is 9.84 Å². The van der Waals surface area contributed by atoms with E-state index >= 15 is 0 Å². The maximum absolute atomic E-state index is 10.9. The summed E-state index contributed by atoms with van der Waals surface area (Å²) in [6.45, 7) is 7.03. The van der Waals surface area contributed by atoms with Crippen LogP contribution in [0.15, 0.2) is 36.4 Å². The van der Waals surface area contributed by atoms with Gasteiger partial charge >= 0.3 is 5.97 Å². The summed E-state index contributed by atoms with van der Waals surface area (Å²) in [5.74, 6) is 0.462. The number of aliphatic carboxylic acids is 1. The zero-order valence-corrected chi connectivity index (χ0v) is 17.9. The molecule has 0 radical (unpaired) electrons. The number of anilines is 1. The molecule has 1 atom stereocenters. The van der Waals surface area contributed by atoms with E-state index in [1.54, 1.807) is 11.9 Å². The highest BCUT2D eigenvalue weighted by molar-refractivity contribution is 5.87. The number of carbonyl (C=O) groups is 1. The van der Waals surface area contributed by atoms with Crippen molar-refractivity contribution in [3.05, 3.63) is 36.4 Å². The molecule has 0 amide bonds. The molecule has 1 fully saturated rings. The van der Waals surface area contributed by atoms with E-state index in [2.05, 4.69) is 26.8 Å². The number of aliphatic hydroxyl groups excluding tert-OH is 1. The van der Waals surface area contributed by atoms with Gasteiger partial charge in [0.25, 0.3) is 0 Å². The first-order chi connectivity index (χ1) is 13.6. The quantitative estimate of drug-likeness (QED) is 0.736. The summed E-state index contributed by atoms with van der Waals surface area (Å²) in [5, 5.41) is 20.6. The van der Waals surface area contributed by atoms with E-state index in [0.29, 0.717) is 5.41 Å². The Morgan fingerprint density at radius 3 is 2.34 bits per heavy atom. The van der Waals surface area contributed by atoms with Crippen LogP contribution in [0, 0.1) is 11.3 Å². The fourth-order valence-electron chi connectivity index (χ4n) is 4.20. The lowest BCUT2D eigenvalue weighted by Gasteiger charge is -2.37. The Kier molecular flexibility index (Phi) is 6.37. The van der Waals surface area contributed by atoms with Crippen molar-refractivity contribution in [3.8, 4) is 5.75 Å². The lowest BCUT2D eigenvalue weighted by atomic mass is 9.72. The Morgan fingerprint density at radius 2 is 1.72 bits per heavy atom. The van der Waals surface area contributed by atoms with Crippen molar-refractivity contribution in [2.45, 2.75) is 58.7 Å². The minimum Gasteiger partial charge on any atom is -0.490 e. The first-order valence-corrected chi connectivity index (χ1v) is 10.5. The highest BCUT2D eigenvalue weighted by atomic mass is 16.5. The number of nitrogens with zero attached hydrogens (tertiary/aromatic N) is 1. The Bertz CT molecular complexity index is 850. The summed E-state index contributed by atoms with van der Waals surface area (Å²) in [6.07, 6.45) is 3.54. The first-order valence-electron chi connectivity index (χ1n) is 10.5. The van der Waals surface area contributed by atoms with Crippen molar-refractivity contribution in [1.29, 1.82) is 0 Å². The second-order valence-corrected chi connectivity index (χ2v) is 9.39. The molecule has 0 spiro atoms. The van der Waals surface area contributed by atoms with Crippen LogP contribution in [0.2, 0.25) is 0 Å².